The van der Waals surface area contributed by atoms with Gasteiger partial charge in [-0.2, -0.15) is 0 Å². The summed E-state index contributed by atoms with van der Waals surface area (Å²) >= 11 is 0. The van der Waals surface area contributed by atoms with E-state index < -0.39 is 9.84 Å². The zero-order chi connectivity index (χ0) is 17.7. The topological polar surface area (TPSA) is 75.6 Å². The zero-order valence-corrected chi connectivity index (χ0v) is 15.0. The van der Waals surface area contributed by atoms with Crippen LogP contribution in [0.15, 0.2) is 41.3 Å². The van der Waals surface area contributed by atoms with Gasteiger partial charge in [-0.3, -0.25) is 0 Å². The number of nitrogens with one attached hydrogen (secondary N) is 1. The van der Waals surface area contributed by atoms with Crippen LogP contribution in [0.5, 0.6) is 5.75 Å². The fourth-order valence-corrected chi connectivity index (χ4v) is 3.17. The maximum atomic E-state index is 11.8. The zero-order valence-electron chi connectivity index (χ0n) is 14.2. The molecule has 0 atom stereocenters. The predicted octanol–water partition coefficient (Wildman–Crippen LogP) is 2.69. The minimum Gasteiger partial charge on any atom is -0.489 e. The monoisotopic (exact) mass is 349 g/mol. The lowest BCUT2D eigenvalue weighted by Gasteiger charge is -2.15. The van der Waals surface area contributed by atoms with Crippen LogP contribution in [0.2, 0.25) is 0 Å². The van der Waals surface area contributed by atoms with Crippen molar-refractivity contribution in [1.82, 2.24) is 0 Å². The predicted molar refractivity (Wildman–Crippen MR) is 95.4 cm³/mol. The molecule has 2 aromatic carbocycles. The molecule has 6 heteroatoms. The lowest BCUT2D eigenvalue weighted by atomic mass is 10.1. The van der Waals surface area contributed by atoms with Gasteiger partial charge in [0.15, 0.2) is 9.84 Å². The van der Waals surface area contributed by atoms with Gasteiger partial charge in [0.05, 0.1) is 17.2 Å². The molecule has 0 aliphatic heterocycles. The number of aliphatic hydroxyl groups is 1. The summed E-state index contributed by atoms with van der Waals surface area (Å²) in [6.07, 6.45) is 1.17. The van der Waals surface area contributed by atoms with E-state index in [-0.39, 0.29) is 18.1 Å². The van der Waals surface area contributed by atoms with E-state index in [0.29, 0.717) is 18.0 Å². The van der Waals surface area contributed by atoms with Gasteiger partial charge >= 0.3 is 0 Å². The molecule has 0 aliphatic carbocycles. The van der Waals surface area contributed by atoms with Gasteiger partial charge in [-0.1, -0.05) is 29.3 Å². The van der Waals surface area contributed by atoms with Crippen LogP contribution in [0.3, 0.4) is 0 Å². The Morgan fingerprint density at radius 1 is 1.08 bits per heavy atom. The Hall–Kier alpha value is -2.05. The molecule has 5 nitrogen and oxygen atoms in total. The van der Waals surface area contributed by atoms with E-state index in [2.05, 4.69) is 23.5 Å². The molecule has 2 aromatic rings. The van der Waals surface area contributed by atoms with Crippen LogP contribution in [0.1, 0.15) is 16.7 Å². The number of hydrogen-bond acceptors (Lipinski definition) is 5. The number of rotatable bonds is 7. The lowest BCUT2D eigenvalue weighted by Crippen LogP contribution is -2.08. The smallest absolute Gasteiger partial charge is 0.175 e. The summed E-state index contributed by atoms with van der Waals surface area (Å²) in [6, 6.07) is 10.9. The van der Waals surface area contributed by atoms with E-state index in [0.717, 1.165) is 5.56 Å². The van der Waals surface area contributed by atoms with Crippen molar-refractivity contribution in [3.63, 3.8) is 0 Å². The van der Waals surface area contributed by atoms with Gasteiger partial charge < -0.3 is 15.2 Å². The second-order valence-corrected chi connectivity index (χ2v) is 7.87. The highest BCUT2D eigenvalue weighted by molar-refractivity contribution is 7.90. The van der Waals surface area contributed by atoms with E-state index in [1.807, 2.05) is 13.8 Å². The van der Waals surface area contributed by atoms with Crippen molar-refractivity contribution in [3.8, 4) is 5.75 Å². The highest BCUT2D eigenvalue weighted by Gasteiger charge is 2.12. The molecule has 0 amide bonds. The second kappa shape index (κ2) is 7.68. The maximum absolute atomic E-state index is 11.8. The number of hydrogen-bond donors (Lipinski definition) is 2. The Morgan fingerprint density at radius 2 is 1.75 bits per heavy atom. The van der Waals surface area contributed by atoms with Crippen LogP contribution >= 0.6 is 0 Å². The first-order chi connectivity index (χ1) is 11.3. The van der Waals surface area contributed by atoms with Crippen LogP contribution in [0, 0.1) is 13.8 Å². The average molecular weight is 349 g/mol. The van der Waals surface area contributed by atoms with Crippen molar-refractivity contribution in [2.45, 2.75) is 25.3 Å². The largest absolute Gasteiger partial charge is 0.489 e. The van der Waals surface area contributed by atoms with Gasteiger partial charge in [-0.05, 0) is 37.6 Å². The Morgan fingerprint density at radius 3 is 2.33 bits per heavy atom. The van der Waals surface area contributed by atoms with E-state index in [4.69, 9.17) is 9.84 Å². The van der Waals surface area contributed by atoms with Crippen molar-refractivity contribution in [2.24, 2.45) is 0 Å². The van der Waals surface area contributed by atoms with Crippen LogP contribution in [0.25, 0.3) is 0 Å². The van der Waals surface area contributed by atoms with Gasteiger partial charge in [0.2, 0.25) is 0 Å². The highest BCUT2D eigenvalue weighted by Crippen LogP contribution is 2.28. The van der Waals surface area contributed by atoms with E-state index >= 15 is 0 Å². The van der Waals surface area contributed by atoms with Crippen molar-refractivity contribution >= 4 is 15.5 Å². The molecule has 0 aromatic heterocycles. The molecule has 0 saturated heterocycles. The SMILES string of the molecule is Cc1cc(C)cc(CNc2cc(S(C)(=O)=O)ccc2OCCO)c1. The Balaban J connectivity index is 2.27. The molecule has 130 valence electrons. The van der Waals surface area contributed by atoms with Crippen LogP contribution in [0.4, 0.5) is 5.69 Å². The molecule has 2 N–H and O–H groups in total. The first kappa shape index (κ1) is 18.3. The lowest BCUT2D eigenvalue weighted by molar-refractivity contribution is 0.202. The molecular weight excluding hydrogens is 326 g/mol. The summed E-state index contributed by atoms with van der Waals surface area (Å²) in [5, 5.41) is 12.2. The summed E-state index contributed by atoms with van der Waals surface area (Å²) in [7, 11) is -3.30. The van der Waals surface area contributed by atoms with E-state index in [1.165, 1.54) is 23.4 Å². The first-order valence-electron chi connectivity index (χ1n) is 7.68. The summed E-state index contributed by atoms with van der Waals surface area (Å²) in [4.78, 5) is 0.224. The van der Waals surface area contributed by atoms with Gasteiger partial charge in [-0.25, -0.2) is 8.42 Å². The number of aliphatic hydroxyl groups excluding tert-OH is 1. The third kappa shape index (κ3) is 4.97. The van der Waals surface area contributed by atoms with Crippen molar-refractivity contribution in [1.29, 1.82) is 0 Å². The van der Waals surface area contributed by atoms with Gasteiger partial charge in [0, 0.05) is 12.8 Å². The minimum atomic E-state index is -3.30. The fourth-order valence-electron chi connectivity index (χ4n) is 2.53. The van der Waals surface area contributed by atoms with Crippen molar-refractivity contribution in [3.05, 3.63) is 53.1 Å². The summed E-state index contributed by atoms with van der Waals surface area (Å²) in [5.74, 6) is 0.515. The minimum absolute atomic E-state index is 0.107. The van der Waals surface area contributed by atoms with Gasteiger partial charge in [0.1, 0.15) is 12.4 Å². The fraction of sp³-hybridized carbons (Fsp3) is 0.333. The number of sulfone groups is 1. The number of ether oxygens (including phenoxy) is 1. The molecular formula is C18H23NO4S. The van der Waals surface area contributed by atoms with Gasteiger partial charge in [0.25, 0.3) is 0 Å². The Kier molecular flexibility index (Phi) is 5.85. The molecule has 2 rings (SSSR count). The molecule has 0 spiro atoms. The number of anilines is 1. The first-order valence-corrected chi connectivity index (χ1v) is 9.57. The van der Waals surface area contributed by atoms with Crippen molar-refractivity contribution < 1.29 is 18.3 Å². The molecule has 0 unspecified atom stereocenters. The Bertz CT molecular complexity index is 796. The second-order valence-electron chi connectivity index (χ2n) is 5.85. The Labute approximate surface area is 143 Å². The summed E-state index contributed by atoms with van der Waals surface area (Å²) in [5.41, 5.74) is 4.04. The molecule has 0 heterocycles. The van der Waals surface area contributed by atoms with Crippen LogP contribution < -0.4 is 10.1 Å². The van der Waals surface area contributed by atoms with Crippen LogP contribution in [-0.2, 0) is 16.4 Å². The van der Waals surface area contributed by atoms with E-state index in [9.17, 15) is 8.42 Å². The third-order valence-electron chi connectivity index (χ3n) is 3.49. The van der Waals surface area contributed by atoms with E-state index in [1.54, 1.807) is 12.1 Å². The standard InChI is InChI=1S/C18H23NO4S/c1-13-8-14(2)10-15(9-13)12-19-17-11-16(24(3,21)22)4-5-18(17)23-7-6-20/h4-5,8-11,19-20H,6-7,12H2,1-3H3. The maximum Gasteiger partial charge on any atom is 0.175 e. The summed E-state index contributed by atoms with van der Waals surface area (Å²) < 4.78 is 29.0. The highest BCUT2D eigenvalue weighted by atomic mass is 32.2. The third-order valence-corrected chi connectivity index (χ3v) is 4.60. The molecule has 0 radical (unpaired) electrons. The van der Waals surface area contributed by atoms with Crippen molar-refractivity contribution in [2.75, 3.05) is 24.8 Å². The quantitative estimate of drug-likeness (QED) is 0.804. The molecule has 24 heavy (non-hydrogen) atoms. The van der Waals surface area contributed by atoms with Crippen LogP contribution in [-0.4, -0.2) is 33.0 Å². The molecule has 0 saturated carbocycles. The molecule has 0 aliphatic rings. The molecule has 0 fully saturated rings. The number of benzene rings is 2. The molecule has 0 bridgehead atoms. The van der Waals surface area contributed by atoms with Gasteiger partial charge in [-0.15, -0.1) is 0 Å². The summed E-state index contributed by atoms with van der Waals surface area (Å²) in [6.45, 7) is 4.67. The average Bonchev–Trinajstić information content (AvgIpc) is 2.49. The number of aryl methyl sites for hydroxylation is 2. The normalized spacial score (nSPS) is 11.3.